The van der Waals surface area contributed by atoms with E-state index < -0.39 is 0 Å². The van der Waals surface area contributed by atoms with Crippen LogP contribution in [0.4, 0.5) is 10.5 Å². The lowest BCUT2D eigenvalue weighted by Gasteiger charge is -2.34. The lowest BCUT2D eigenvalue weighted by Crippen LogP contribution is -2.46. The SMILES string of the molecule is C[C@H]1CN(c2ccccc2)C(=O)O[C@@H]1C. The van der Waals surface area contributed by atoms with Crippen molar-refractivity contribution in [2.45, 2.75) is 20.0 Å². The van der Waals surface area contributed by atoms with Crippen LogP contribution in [0.1, 0.15) is 13.8 Å². The molecule has 0 N–H and O–H groups in total. The monoisotopic (exact) mass is 205 g/mol. The molecule has 0 spiro atoms. The summed E-state index contributed by atoms with van der Waals surface area (Å²) in [7, 11) is 0. The Labute approximate surface area is 89.7 Å². The molecule has 2 rings (SSSR count). The Hall–Kier alpha value is -1.51. The molecule has 3 nitrogen and oxygen atoms in total. The summed E-state index contributed by atoms with van der Waals surface area (Å²) in [5.41, 5.74) is 0.904. The van der Waals surface area contributed by atoms with E-state index in [1.54, 1.807) is 4.90 Å². The van der Waals surface area contributed by atoms with Crippen LogP contribution < -0.4 is 4.90 Å². The van der Waals surface area contributed by atoms with Gasteiger partial charge in [0, 0.05) is 18.2 Å². The summed E-state index contributed by atoms with van der Waals surface area (Å²) in [5.74, 6) is 0.364. The van der Waals surface area contributed by atoms with E-state index in [1.165, 1.54) is 0 Å². The second-order valence-corrected chi connectivity index (χ2v) is 4.01. The van der Waals surface area contributed by atoms with Gasteiger partial charge in [-0.05, 0) is 19.1 Å². The second kappa shape index (κ2) is 3.93. The lowest BCUT2D eigenvalue weighted by atomic mass is 10.0. The van der Waals surface area contributed by atoms with Gasteiger partial charge in [0.05, 0.1) is 0 Å². The van der Waals surface area contributed by atoms with Crippen LogP contribution in [0.2, 0.25) is 0 Å². The van der Waals surface area contributed by atoms with Crippen molar-refractivity contribution in [1.29, 1.82) is 0 Å². The van der Waals surface area contributed by atoms with Crippen LogP contribution in [-0.4, -0.2) is 18.7 Å². The number of hydrogen-bond acceptors (Lipinski definition) is 2. The van der Waals surface area contributed by atoms with Crippen molar-refractivity contribution in [1.82, 2.24) is 0 Å². The molecule has 0 unspecified atom stereocenters. The van der Waals surface area contributed by atoms with E-state index in [0.717, 1.165) is 12.2 Å². The standard InChI is InChI=1S/C12H15NO2/c1-9-8-13(12(14)15-10(9)2)11-6-4-3-5-7-11/h3-7,9-10H,8H2,1-2H3/t9-,10+/m0/s1. The van der Waals surface area contributed by atoms with Crippen molar-refractivity contribution in [2.75, 3.05) is 11.4 Å². The molecule has 0 saturated carbocycles. The van der Waals surface area contributed by atoms with Gasteiger partial charge in [0.25, 0.3) is 0 Å². The summed E-state index contributed by atoms with van der Waals surface area (Å²) in [4.78, 5) is 13.3. The number of para-hydroxylation sites is 1. The van der Waals surface area contributed by atoms with E-state index in [1.807, 2.05) is 37.3 Å². The number of hydrogen-bond donors (Lipinski definition) is 0. The molecule has 1 heterocycles. The van der Waals surface area contributed by atoms with Gasteiger partial charge in [-0.1, -0.05) is 25.1 Å². The van der Waals surface area contributed by atoms with Gasteiger partial charge in [-0.25, -0.2) is 4.79 Å². The zero-order chi connectivity index (χ0) is 10.8. The first-order valence-corrected chi connectivity index (χ1v) is 5.21. The summed E-state index contributed by atoms with van der Waals surface area (Å²) in [6.07, 6.45) is -0.232. The number of benzene rings is 1. The summed E-state index contributed by atoms with van der Waals surface area (Å²) in [6.45, 7) is 4.75. The van der Waals surface area contributed by atoms with Gasteiger partial charge in [0.1, 0.15) is 6.10 Å². The number of amides is 1. The maximum atomic E-state index is 11.7. The van der Waals surface area contributed by atoms with E-state index in [0.29, 0.717) is 5.92 Å². The van der Waals surface area contributed by atoms with Crippen LogP contribution in [-0.2, 0) is 4.74 Å². The van der Waals surface area contributed by atoms with E-state index in [9.17, 15) is 4.79 Å². The predicted molar refractivity (Wildman–Crippen MR) is 58.9 cm³/mol. The van der Waals surface area contributed by atoms with Crippen LogP contribution in [0.3, 0.4) is 0 Å². The van der Waals surface area contributed by atoms with Crippen LogP contribution in [0.25, 0.3) is 0 Å². The number of carbonyl (C=O) groups excluding carboxylic acids is 1. The zero-order valence-electron chi connectivity index (χ0n) is 9.01. The molecule has 1 amide bonds. The Morgan fingerprint density at radius 3 is 2.60 bits per heavy atom. The van der Waals surface area contributed by atoms with Crippen LogP contribution >= 0.6 is 0 Å². The minimum atomic E-state index is -0.244. The first kappa shape index (κ1) is 10.0. The fourth-order valence-electron chi connectivity index (χ4n) is 1.67. The summed E-state index contributed by atoms with van der Waals surface area (Å²) in [5, 5.41) is 0. The van der Waals surface area contributed by atoms with Crippen molar-refractivity contribution >= 4 is 11.8 Å². The average molecular weight is 205 g/mol. The second-order valence-electron chi connectivity index (χ2n) is 4.01. The largest absolute Gasteiger partial charge is 0.446 e. The van der Waals surface area contributed by atoms with Crippen molar-refractivity contribution in [3.63, 3.8) is 0 Å². The molecule has 0 aliphatic carbocycles. The molecule has 1 aliphatic rings. The predicted octanol–water partition coefficient (Wildman–Crippen LogP) is 2.67. The molecule has 1 fully saturated rings. The minimum absolute atomic E-state index is 0.0115. The van der Waals surface area contributed by atoms with Crippen molar-refractivity contribution < 1.29 is 9.53 Å². The molecule has 2 atom stereocenters. The molecule has 1 saturated heterocycles. The molecule has 0 aromatic heterocycles. The molecular formula is C12H15NO2. The highest BCUT2D eigenvalue weighted by atomic mass is 16.6. The Balaban J connectivity index is 2.20. The van der Waals surface area contributed by atoms with Gasteiger partial charge >= 0.3 is 6.09 Å². The quantitative estimate of drug-likeness (QED) is 0.705. The fourth-order valence-corrected chi connectivity index (χ4v) is 1.67. The normalized spacial score (nSPS) is 26.3. The topological polar surface area (TPSA) is 29.5 Å². The summed E-state index contributed by atoms with van der Waals surface area (Å²) >= 11 is 0. The minimum Gasteiger partial charge on any atom is -0.446 e. The van der Waals surface area contributed by atoms with Gasteiger partial charge < -0.3 is 4.74 Å². The van der Waals surface area contributed by atoms with Gasteiger partial charge in [-0.3, -0.25) is 4.90 Å². The number of anilines is 1. The van der Waals surface area contributed by atoms with Crippen molar-refractivity contribution in [3.8, 4) is 0 Å². The van der Waals surface area contributed by atoms with E-state index >= 15 is 0 Å². The molecule has 0 radical (unpaired) electrons. The number of ether oxygens (including phenoxy) is 1. The smallest absolute Gasteiger partial charge is 0.414 e. The van der Waals surface area contributed by atoms with Crippen molar-refractivity contribution in [3.05, 3.63) is 30.3 Å². The highest BCUT2D eigenvalue weighted by Gasteiger charge is 2.30. The van der Waals surface area contributed by atoms with E-state index in [4.69, 9.17) is 4.74 Å². The van der Waals surface area contributed by atoms with Gasteiger partial charge in [0.2, 0.25) is 0 Å². The van der Waals surface area contributed by atoms with Crippen LogP contribution in [0.15, 0.2) is 30.3 Å². The van der Waals surface area contributed by atoms with Crippen molar-refractivity contribution in [2.24, 2.45) is 5.92 Å². The molecular weight excluding hydrogens is 190 g/mol. The molecule has 1 aromatic rings. The highest BCUT2D eigenvalue weighted by molar-refractivity contribution is 5.88. The maximum absolute atomic E-state index is 11.7. The maximum Gasteiger partial charge on any atom is 0.414 e. The Bertz CT molecular complexity index is 350. The third-order valence-electron chi connectivity index (χ3n) is 2.85. The first-order valence-electron chi connectivity index (χ1n) is 5.21. The Kier molecular flexibility index (Phi) is 2.62. The summed E-state index contributed by atoms with van der Waals surface area (Å²) < 4.78 is 5.25. The first-order chi connectivity index (χ1) is 7.18. The van der Waals surface area contributed by atoms with Gasteiger partial charge in [-0.15, -0.1) is 0 Å². The van der Waals surface area contributed by atoms with E-state index in [-0.39, 0.29) is 12.2 Å². The van der Waals surface area contributed by atoms with Crippen LogP contribution in [0.5, 0.6) is 0 Å². The number of carbonyl (C=O) groups is 1. The van der Waals surface area contributed by atoms with E-state index in [2.05, 4.69) is 6.92 Å². The third-order valence-corrected chi connectivity index (χ3v) is 2.85. The fraction of sp³-hybridized carbons (Fsp3) is 0.417. The zero-order valence-corrected chi connectivity index (χ0v) is 9.01. The number of nitrogens with zero attached hydrogens (tertiary/aromatic N) is 1. The highest BCUT2D eigenvalue weighted by Crippen LogP contribution is 2.23. The van der Waals surface area contributed by atoms with Gasteiger partial charge in [0.15, 0.2) is 0 Å². The molecule has 3 heteroatoms. The molecule has 1 aromatic carbocycles. The number of rotatable bonds is 1. The summed E-state index contributed by atoms with van der Waals surface area (Å²) in [6, 6.07) is 9.62. The van der Waals surface area contributed by atoms with Crippen LogP contribution in [0, 0.1) is 5.92 Å². The Morgan fingerprint density at radius 2 is 1.93 bits per heavy atom. The molecule has 80 valence electrons. The lowest BCUT2D eigenvalue weighted by molar-refractivity contribution is 0.0649. The molecule has 0 bridgehead atoms. The van der Waals surface area contributed by atoms with Gasteiger partial charge in [-0.2, -0.15) is 0 Å². The Morgan fingerprint density at radius 1 is 1.27 bits per heavy atom. The molecule has 15 heavy (non-hydrogen) atoms. The molecule has 1 aliphatic heterocycles. The number of cyclic esters (lactones) is 1. The third kappa shape index (κ3) is 1.96. The average Bonchev–Trinajstić information content (AvgIpc) is 2.25.